The minimum Gasteiger partial charge on any atom is -0.393 e. The van der Waals surface area contributed by atoms with Crippen molar-refractivity contribution in [1.82, 2.24) is 9.88 Å². The molecule has 0 bridgehead atoms. The van der Waals surface area contributed by atoms with Crippen LogP contribution in [-0.2, 0) is 11.3 Å². The van der Waals surface area contributed by atoms with Crippen molar-refractivity contribution in [2.45, 2.75) is 59.2 Å². The molecule has 2 atom stereocenters. The Labute approximate surface area is 154 Å². The third-order valence-electron chi connectivity index (χ3n) is 4.48. The SMILES string of the molecule is C[C@H](O)CCCn1cc(C(=O)N[C@H](C(N)=O)C(C)(C)C)c2ccccc21. The number of amides is 2. The number of nitrogens with one attached hydrogen (secondary N) is 1. The number of aromatic nitrogens is 1. The number of benzene rings is 1. The van der Waals surface area contributed by atoms with Gasteiger partial charge in [-0.3, -0.25) is 9.59 Å². The highest BCUT2D eigenvalue weighted by Crippen LogP contribution is 2.24. The molecule has 6 nitrogen and oxygen atoms in total. The minimum atomic E-state index is -0.757. The lowest BCUT2D eigenvalue weighted by molar-refractivity contribution is -0.122. The summed E-state index contributed by atoms with van der Waals surface area (Å²) in [5, 5.41) is 13.1. The number of hydrogen-bond donors (Lipinski definition) is 3. The van der Waals surface area contributed by atoms with Gasteiger partial charge < -0.3 is 20.7 Å². The van der Waals surface area contributed by atoms with Crippen LogP contribution in [0.4, 0.5) is 0 Å². The van der Waals surface area contributed by atoms with Gasteiger partial charge in [-0.2, -0.15) is 0 Å². The van der Waals surface area contributed by atoms with Crippen molar-refractivity contribution in [2.75, 3.05) is 0 Å². The quantitative estimate of drug-likeness (QED) is 0.708. The van der Waals surface area contributed by atoms with Crippen LogP contribution in [0.3, 0.4) is 0 Å². The van der Waals surface area contributed by atoms with Crippen LogP contribution in [0.1, 0.15) is 50.9 Å². The molecule has 0 aliphatic carbocycles. The summed E-state index contributed by atoms with van der Waals surface area (Å²) >= 11 is 0. The molecule has 0 unspecified atom stereocenters. The predicted octanol–water partition coefficient (Wildman–Crippen LogP) is 2.43. The van der Waals surface area contributed by atoms with Crippen molar-refractivity contribution in [1.29, 1.82) is 0 Å². The van der Waals surface area contributed by atoms with Crippen LogP contribution in [0.2, 0.25) is 0 Å². The number of carbonyl (C=O) groups excluding carboxylic acids is 2. The van der Waals surface area contributed by atoms with Crippen LogP contribution >= 0.6 is 0 Å². The van der Waals surface area contributed by atoms with Gasteiger partial charge in [0.25, 0.3) is 5.91 Å². The monoisotopic (exact) mass is 359 g/mol. The van der Waals surface area contributed by atoms with Gasteiger partial charge in [-0.15, -0.1) is 0 Å². The molecule has 0 saturated carbocycles. The summed E-state index contributed by atoms with van der Waals surface area (Å²) in [5.41, 5.74) is 6.48. The Kier molecular flexibility index (Phi) is 6.08. The summed E-state index contributed by atoms with van der Waals surface area (Å²) in [7, 11) is 0. The van der Waals surface area contributed by atoms with Crippen LogP contribution in [0.5, 0.6) is 0 Å². The summed E-state index contributed by atoms with van der Waals surface area (Å²) in [4.78, 5) is 24.6. The van der Waals surface area contributed by atoms with Crippen molar-refractivity contribution >= 4 is 22.7 Å². The summed E-state index contributed by atoms with van der Waals surface area (Å²) in [6, 6.07) is 6.91. The van der Waals surface area contributed by atoms with Crippen LogP contribution in [0.25, 0.3) is 10.9 Å². The van der Waals surface area contributed by atoms with E-state index in [1.165, 1.54) is 0 Å². The topological polar surface area (TPSA) is 97.3 Å². The maximum Gasteiger partial charge on any atom is 0.254 e. The fourth-order valence-electron chi connectivity index (χ4n) is 3.09. The van der Waals surface area contributed by atoms with Gasteiger partial charge in [0.15, 0.2) is 0 Å². The molecule has 4 N–H and O–H groups in total. The van der Waals surface area contributed by atoms with Gasteiger partial charge in [0, 0.05) is 23.6 Å². The molecule has 0 radical (unpaired) electrons. The second-order valence-electron chi connectivity index (χ2n) is 7.92. The molecule has 2 rings (SSSR count). The first-order valence-corrected chi connectivity index (χ1v) is 8.97. The molecule has 2 amide bonds. The number of carbonyl (C=O) groups is 2. The van der Waals surface area contributed by atoms with E-state index in [4.69, 9.17) is 5.73 Å². The Morgan fingerprint density at radius 2 is 1.92 bits per heavy atom. The summed E-state index contributed by atoms with van der Waals surface area (Å²) in [6.07, 6.45) is 2.97. The van der Waals surface area contributed by atoms with E-state index < -0.39 is 17.4 Å². The van der Waals surface area contributed by atoms with Gasteiger partial charge in [0.1, 0.15) is 6.04 Å². The Balaban J connectivity index is 2.31. The molecule has 0 saturated heterocycles. The van der Waals surface area contributed by atoms with Crippen LogP contribution < -0.4 is 11.1 Å². The number of fused-ring (bicyclic) bond motifs is 1. The van der Waals surface area contributed by atoms with Crippen molar-refractivity contribution in [2.24, 2.45) is 11.1 Å². The Morgan fingerprint density at radius 3 is 2.50 bits per heavy atom. The number of nitrogens with two attached hydrogens (primary N) is 1. The predicted molar refractivity (Wildman–Crippen MR) is 103 cm³/mol. The van der Waals surface area contributed by atoms with Gasteiger partial charge >= 0.3 is 0 Å². The van der Waals surface area contributed by atoms with Crippen LogP contribution in [0, 0.1) is 5.41 Å². The summed E-state index contributed by atoms with van der Waals surface area (Å²) < 4.78 is 2.02. The molecule has 2 aromatic rings. The molecule has 26 heavy (non-hydrogen) atoms. The fraction of sp³-hybridized carbons (Fsp3) is 0.500. The Hall–Kier alpha value is -2.34. The smallest absolute Gasteiger partial charge is 0.254 e. The van der Waals surface area contributed by atoms with Gasteiger partial charge in [-0.05, 0) is 31.2 Å². The molecule has 6 heteroatoms. The van der Waals surface area contributed by atoms with E-state index in [2.05, 4.69) is 5.32 Å². The van der Waals surface area contributed by atoms with E-state index in [0.29, 0.717) is 18.5 Å². The lowest BCUT2D eigenvalue weighted by Crippen LogP contribution is -2.52. The molecular formula is C20H29N3O3. The summed E-state index contributed by atoms with van der Waals surface area (Å²) in [5.74, 6) is -0.860. The van der Waals surface area contributed by atoms with Crippen molar-refractivity contribution in [3.8, 4) is 0 Å². The third kappa shape index (κ3) is 4.64. The highest BCUT2D eigenvalue weighted by atomic mass is 16.3. The van der Waals surface area contributed by atoms with Crippen LogP contribution in [-0.4, -0.2) is 33.6 Å². The zero-order valence-electron chi connectivity index (χ0n) is 16.0. The standard InChI is InChI=1S/C20H29N3O3/c1-13(24)8-7-11-23-12-15(14-9-5-6-10-16(14)23)19(26)22-17(18(21)25)20(2,3)4/h5-6,9-10,12-13,17,24H,7-8,11H2,1-4H3,(H2,21,25)(H,22,26)/t13-,17+/m0/s1. The van der Waals surface area contributed by atoms with Gasteiger partial charge in [0.05, 0.1) is 11.7 Å². The van der Waals surface area contributed by atoms with Gasteiger partial charge in [-0.1, -0.05) is 39.0 Å². The van der Waals surface area contributed by atoms with Crippen molar-refractivity contribution in [3.63, 3.8) is 0 Å². The number of aryl methyl sites for hydroxylation is 1. The molecule has 1 aromatic carbocycles. The number of hydrogen-bond acceptors (Lipinski definition) is 3. The van der Waals surface area contributed by atoms with Crippen LogP contribution in [0.15, 0.2) is 30.5 Å². The van der Waals surface area contributed by atoms with E-state index in [-0.39, 0.29) is 12.0 Å². The zero-order valence-corrected chi connectivity index (χ0v) is 16.0. The van der Waals surface area contributed by atoms with E-state index in [1.807, 2.05) is 55.8 Å². The van der Waals surface area contributed by atoms with E-state index in [0.717, 1.165) is 17.3 Å². The number of aliphatic hydroxyl groups is 1. The first-order valence-electron chi connectivity index (χ1n) is 8.97. The maximum absolute atomic E-state index is 12.8. The first kappa shape index (κ1) is 20.0. The molecule has 0 aliphatic rings. The molecular weight excluding hydrogens is 330 g/mol. The molecule has 1 heterocycles. The largest absolute Gasteiger partial charge is 0.393 e. The summed E-state index contributed by atoms with van der Waals surface area (Å²) in [6.45, 7) is 8.06. The average Bonchev–Trinajstić information content (AvgIpc) is 2.90. The highest BCUT2D eigenvalue weighted by molar-refractivity contribution is 6.08. The highest BCUT2D eigenvalue weighted by Gasteiger charge is 2.32. The van der Waals surface area contributed by atoms with E-state index in [9.17, 15) is 14.7 Å². The number of nitrogens with zero attached hydrogens (tertiary/aromatic N) is 1. The lowest BCUT2D eigenvalue weighted by atomic mass is 9.86. The minimum absolute atomic E-state index is 0.311. The number of primary amides is 1. The molecule has 0 fully saturated rings. The molecule has 142 valence electrons. The normalized spacial score (nSPS) is 14.2. The zero-order chi connectivity index (χ0) is 19.5. The number of rotatable bonds is 7. The first-order chi connectivity index (χ1) is 12.1. The van der Waals surface area contributed by atoms with Crippen molar-refractivity contribution in [3.05, 3.63) is 36.0 Å². The molecule has 0 aliphatic heterocycles. The number of para-hydroxylation sites is 1. The maximum atomic E-state index is 12.8. The van der Waals surface area contributed by atoms with E-state index >= 15 is 0 Å². The second kappa shape index (κ2) is 7.91. The van der Waals surface area contributed by atoms with E-state index in [1.54, 1.807) is 6.92 Å². The number of aliphatic hydroxyl groups excluding tert-OH is 1. The van der Waals surface area contributed by atoms with Gasteiger partial charge in [-0.25, -0.2) is 0 Å². The Bertz CT molecular complexity index is 787. The Morgan fingerprint density at radius 1 is 1.27 bits per heavy atom. The molecule has 0 spiro atoms. The lowest BCUT2D eigenvalue weighted by Gasteiger charge is -2.28. The molecule has 1 aromatic heterocycles. The average molecular weight is 359 g/mol. The second-order valence-corrected chi connectivity index (χ2v) is 7.92. The third-order valence-corrected chi connectivity index (χ3v) is 4.48. The fourth-order valence-corrected chi connectivity index (χ4v) is 3.09. The van der Waals surface area contributed by atoms with Gasteiger partial charge in [0.2, 0.25) is 5.91 Å². The van der Waals surface area contributed by atoms with Crippen molar-refractivity contribution < 1.29 is 14.7 Å².